The summed E-state index contributed by atoms with van der Waals surface area (Å²) >= 11 is 0. The highest BCUT2D eigenvalue weighted by molar-refractivity contribution is 4.98. The average molecular weight is 183 g/mol. The van der Waals surface area contributed by atoms with Crippen LogP contribution in [0.25, 0.3) is 0 Å². The first-order valence-corrected chi connectivity index (χ1v) is 5.05. The number of rotatable bonds is 7. The van der Waals surface area contributed by atoms with Crippen LogP contribution in [0, 0.1) is 11.8 Å². The summed E-state index contributed by atoms with van der Waals surface area (Å²) < 4.78 is 5.36. The molecular formula is C11H21NO. The van der Waals surface area contributed by atoms with Crippen LogP contribution >= 0.6 is 0 Å². The van der Waals surface area contributed by atoms with Crippen molar-refractivity contribution >= 4 is 0 Å². The van der Waals surface area contributed by atoms with E-state index in [9.17, 15) is 0 Å². The molecule has 0 aromatic carbocycles. The van der Waals surface area contributed by atoms with E-state index in [1.807, 2.05) is 13.8 Å². The minimum absolute atomic E-state index is 0.396. The molecule has 1 unspecified atom stereocenters. The Morgan fingerprint density at radius 3 is 2.69 bits per heavy atom. The lowest BCUT2D eigenvalue weighted by molar-refractivity contribution is 0.124. The van der Waals surface area contributed by atoms with Gasteiger partial charge in [0.25, 0.3) is 0 Å². The second kappa shape index (κ2) is 9.57. The van der Waals surface area contributed by atoms with Gasteiger partial charge in [0, 0.05) is 19.1 Å². The van der Waals surface area contributed by atoms with Gasteiger partial charge in [0.15, 0.2) is 0 Å². The highest BCUT2D eigenvalue weighted by atomic mass is 16.5. The Kier molecular flexibility index (Phi) is 9.18. The van der Waals surface area contributed by atoms with Gasteiger partial charge in [-0.2, -0.15) is 0 Å². The molecule has 76 valence electrons. The summed E-state index contributed by atoms with van der Waals surface area (Å²) in [5.74, 6) is 5.98. The fourth-order valence-electron chi connectivity index (χ4n) is 1.02. The average Bonchev–Trinajstić information content (AvgIpc) is 2.17. The van der Waals surface area contributed by atoms with Crippen molar-refractivity contribution in [3.05, 3.63) is 0 Å². The van der Waals surface area contributed by atoms with E-state index in [-0.39, 0.29) is 0 Å². The molecule has 0 bridgehead atoms. The molecule has 1 N–H and O–H groups in total. The van der Waals surface area contributed by atoms with Crippen molar-refractivity contribution in [1.29, 1.82) is 0 Å². The standard InChI is InChI=1S/C11H21NO/c1-4-7-8-11(10-13-6-3)12-9-5-2/h11-12H,5-6,8-10H2,1-3H3. The van der Waals surface area contributed by atoms with Gasteiger partial charge in [-0.1, -0.05) is 6.92 Å². The molecule has 2 nitrogen and oxygen atoms in total. The molecule has 0 aromatic heterocycles. The molecule has 13 heavy (non-hydrogen) atoms. The number of ether oxygens (including phenoxy) is 1. The summed E-state index contributed by atoms with van der Waals surface area (Å²) in [4.78, 5) is 0. The molecule has 0 spiro atoms. The van der Waals surface area contributed by atoms with Crippen LogP contribution < -0.4 is 5.32 Å². The monoisotopic (exact) mass is 183 g/mol. The first kappa shape index (κ1) is 12.5. The Morgan fingerprint density at radius 1 is 1.38 bits per heavy atom. The van der Waals surface area contributed by atoms with Crippen LogP contribution in [0.5, 0.6) is 0 Å². The lowest BCUT2D eigenvalue weighted by atomic mass is 10.2. The maximum absolute atomic E-state index is 5.36. The molecule has 0 aliphatic rings. The van der Waals surface area contributed by atoms with E-state index < -0.39 is 0 Å². The molecule has 0 rings (SSSR count). The molecule has 0 aliphatic carbocycles. The first-order valence-electron chi connectivity index (χ1n) is 5.05. The van der Waals surface area contributed by atoms with Gasteiger partial charge >= 0.3 is 0 Å². The van der Waals surface area contributed by atoms with Gasteiger partial charge in [0.05, 0.1) is 6.61 Å². The van der Waals surface area contributed by atoms with Gasteiger partial charge in [-0.15, -0.1) is 11.8 Å². The summed E-state index contributed by atoms with van der Waals surface area (Å²) in [5, 5.41) is 3.41. The third-order valence-electron chi connectivity index (χ3n) is 1.73. The Labute approximate surface area is 82.1 Å². The fourth-order valence-corrected chi connectivity index (χ4v) is 1.02. The number of nitrogens with one attached hydrogen (secondary N) is 1. The van der Waals surface area contributed by atoms with Gasteiger partial charge in [-0.05, 0) is 26.8 Å². The highest BCUT2D eigenvalue weighted by Crippen LogP contribution is 1.92. The van der Waals surface area contributed by atoms with Crippen molar-refractivity contribution in [3.8, 4) is 11.8 Å². The molecule has 0 aliphatic heterocycles. The van der Waals surface area contributed by atoms with E-state index in [1.165, 1.54) is 0 Å². The zero-order chi connectivity index (χ0) is 9.94. The Balaban J connectivity index is 3.63. The zero-order valence-corrected chi connectivity index (χ0v) is 9.02. The molecule has 0 saturated carbocycles. The summed E-state index contributed by atoms with van der Waals surface area (Å²) in [6.07, 6.45) is 2.04. The largest absolute Gasteiger partial charge is 0.380 e. The quantitative estimate of drug-likeness (QED) is 0.608. The van der Waals surface area contributed by atoms with Gasteiger partial charge < -0.3 is 10.1 Å². The zero-order valence-electron chi connectivity index (χ0n) is 9.02. The van der Waals surface area contributed by atoms with Crippen molar-refractivity contribution in [2.24, 2.45) is 0 Å². The fraction of sp³-hybridized carbons (Fsp3) is 0.818. The van der Waals surface area contributed by atoms with Crippen LogP contribution in [0.3, 0.4) is 0 Å². The van der Waals surface area contributed by atoms with Gasteiger partial charge in [-0.25, -0.2) is 0 Å². The minimum Gasteiger partial charge on any atom is -0.380 e. The topological polar surface area (TPSA) is 21.3 Å². The van der Waals surface area contributed by atoms with E-state index >= 15 is 0 Å². The van der Waals surface area contributed by atoms with Crippen LogP contribution in [0.15, 0.2) is 0 Å². The lowest BCUT2D eigenvalue weighted by Crippen LogP contribution is -2.33. The van der Waals surface area contributed by atoms with Gasteiger partial charge in [0.1, 0.15) is 0 Å². The summed E-state index contributed by atoms with van der Waals surface area (Å²) in [5.41, 5.74) is 0. The molecule has 0 heterocycles. The predicted molar refractivity (Wildman–Crippen MR) is 56.6 cm³/mol. The van der Waals surface area contributed by atoms with Crippen LogP contribution in [0.1, 0.15) is 33.6 Å². The number of hydrogen-bond acceptors (Lipinski definition) is 2. The van der Waals surface area contributed by atoms with Crippen molar-refractivity contribution in [1.82, 2.24) is 5.32 Å². The van der Waals surface area contributed by atoms with Crippen molar-refractivity contribution in [2.45, 2.75) is 39.7 Å². The van der Waals surface area contributed by atoms with Gasteiger partial charge in [0.2, 0.25) is 0 Å². The molecule has 0 saturated heterocycles. The van der Waals surface area contributed by atoms with E-state index in [0.29, 0.717) is 6.04 Å². The van der Waals surface area contributed by atoms with Crippen LogP contribution in [0.4, 0.5) is 0 Å². The van der Waals surface area contributed by atoms with Crippen LogP contribution in [-0.2, 0) is 4.74 Å². The SMILES string of the molecule is CC#CCC(COCC)NCCC. The lowest BCUT2D eigenvalue weighted by Gasteiger charge is -2.15. The van der Waals surface area contributed by atoms with Crippen molar-refractivity contribution in [2.75, 3.05) is 19.8 Å². The van der Waals surface area contributed by atoms with Crippen LogP contribution in [-0.4, -0.2) is 25.8 Å². The van der Waals surface area contributed by atoms with E-state index in [2.05, 4.69) is 24.1 Å². The van der Waals surface area contributed by atoms with Gasteiger partial charge in [-0.3, -0.25) is 0 Å². The highest BCUT2D eigenvalue weighted by Gasteiger charge is 2.04. The van der Waals surface area contributed by atoms with Crippen LogP contribution in [0.2, 0.25) is 0 Å². The second-order valence-corrected chi connectivity index (χ2v) is 2.94. The molecule has 0 fully saturated rings. The normalized spacial score (nSPS) is 11.9. The molecule has 0 aromatic rings. The predicted octanol–water partition coefficient (Wildman–Crippen LogP) is 1.80. The Bertz CT molecular complexity index is 149. The van der Waals surface area contributed by atoms with E-state index in [1.54, 1.807) is 0 Å². The third kappa shape index (κ3) is 7.83. The third-order valence-corrected chi connectivity index (χ3v) is 1.73. The van der Waals surface area contributed by atoms with E-state index in [4.69, 9.17) is 4.74 Å². The molecule has 2 heteroatoms. The van der Waals surface area contributed by atoms with E-state index in [0.717, 1.165) is 32.6 Å². The van der Waals surface area contributed by atoms with Crippen molar-refractivity contribution in [3.63, 3.8) is 0 Å². The van der Waals surface area contributed by atoms with Crippen molar-refractivity contribution < 1.29 is 4.74 Å². The maximum Gasteiger partial charge on any atom is 0.0628 e. The maximum atomic E-state index is 5.36. The first-order chi connectivity index (χ1) is 6.35. The molecule has 0 amide bonds. The minimum atomic E-state index is 0.396. The summed E-state index contributed by atoms with van der Waals surface area (Å²) in [7, 11) is 0. The summed E-state index contributed by atoms with van der Waals surface area (Å²) in [6.45, 7) is 8.65. The number of hydrogen-bond donors (Lipinski definition) is 1. The smallest absolute Gasteiger partial charge is 0.0628 e. The second-order valence-electron chi connectivity index (χ2n) is 2.94. The Hall–Kier alpha value is -0.520. The summed E-state index contributed by atoms with van der Waals surface area (Å²) in [6, 6.07) is 0.396. The molecule has 1 atom stereocenters. The molecule has 0 radical (unpaired) electrons. The Morgan fingerprint density at radius 2 is 2.15 bits per heavy atom. The molecular weight excluding hydrogens is 162 g/mol.